The van der Waals surface area contributed by atoms with Crippen molar-refractivity contribution in [2.45, 2.75) is 33.0 Å². The molecule has 0 saturated heterocycles. The number of hydrogen-bond acceptors (Lipinski definition) is 2. The predicted octanol–water partition coefficient (Wildman–Crippen LogP) is 3.35. The highest BCUT2D eigenvalue weighted by atomic mass is 16.5. The maximum Gasteiger partial charge on any atom is 0.128 e. The third-order valence-electron chi connectivity index (χ3n) is 2.03. The number of hydrogen-bond donors (Lipinski definition) is 1. The van der Waals surface area contributed by atoms with Gasteiger partial charge in [-0.15, -0.1) is 0 Å². The first kappa shape index (κ1) is 11.8. The Morgan fingerprint density at radius 1 is 1.40 bits per heavy atom. The van der Waals surface area contributed by atoms with Crippen LogP contribution in [0.1, 0.15) is 31.9 Å². The highest BCUT2D eigenvalue weighted by molar-refractivity contribution is 5.57. The van der Waals surface area contributed by atoms with Gasteiger partial charge < -0.3 is 9.84 Å². The van der Waals surface area contributed by atoms with Gasteiger partial charge >= 0.3 is 0 Å². The molecule has 0 aliphatic rings. The van der Waals surface area contributed by atoms with E-state index in [0.717, 1.165) is 11.1 Å². The molecule has 0 unspecified atom stereocenters. The van der Waals surface area contributed by atoms with Gasteiger partial charge in [-0.1, -0.05) is 30.9 Å². The van der Waals surface area contributed by atoms with E-state index in [1.165, 1.54) is 0 Å². The molecule has 82 valence electrons. The molecule has 0 aromatic heterocycles. The molecule has 0 amide bonds. The van der Waals surface area contributed by atoms with Crippen molar-refractivity contribution in [3.63, 3.8) is 0 Å². The Morgan fingerprint density at radius 2 is 2.07 bits per heavy atom. The van der Waals surface area contributed by atoms with Crippen LogP contribution >= 0.6 is 0 Å². The minimum Gasteiger partial charge on any atom is -0.507 e. The molecule has 15 heavy (non-hydrogen) atoms. The maximum absolute atomic E-state index is 9.83. The van der Waals surface area contributed by atoms with Crippen LogP contribution in [0.4, 0.5) is 0 Å². The van der Waals surface area contributed by atoms with Gasteiger partial charge in [-0.2, -0.15) is 0 Å². The predicted molar refractivity (Wildman–Crippen MR) is 62.7 cm³/mol. The molecular formula is C13H18O2. The van der Waals surface area contributed by atoms with Crippen LogP contribution in [-0.2, 0) is 11.3 Å². The van der Waals surface area contributed by atoms with Crippen molar-refractivity contribution in [3.05, 3.63) is 35.9 Å². The van der Waals surface area contributed by atoms with Gasteiger partial charge in [0, 0.05) is 11.1 Å². The number of rotatable bonds is 3. The average molecular weight is 206 g/mol. The summed E-state index contributed by atoms with van der Waals surface area (Å²) in [7, 11) is 0. The smallest absolute Gasteiger partial charge is 0.128 e. The molecule has 0 atom stereocenters. The van der Waals surface area contributed by atoms with Gasteiger partial charge in [-0.25, -0.2) is 0 Å². The number of aromatic hydroxyl groups is 1. The molecule has 0 radical (unpaired) electrons. The lowest BCUT2D eigenvalue weighted by molar-refractivity contribution is -0.0156. The van der Waals surface area contributed by atoms with Crippen LogP contribution in [0.5, 0.6) is 5.75 Å². The van der Waals surface area contributed by atoms with Crippen LogP contribution in [0.3, 0.4) is 0 Å². The summed E-state index contributed by atoms with van der Waals surface area (Å²) in [6.07, 6.45) is 1.63. The van der Waals surface area contributed by atoms with Gasteiger partial charge in [0.25, 0.3) is 0 Å². The molecule has 0 heterocycles. The standard InChI is InChI=1S/C13H18O2/c1-5-10-7-6-8-11(12(10)14)9-15-13(2,3)4/h5-8,14H,1,9H2,2-4H3. The number of benzene rings is 1. The molecule has 0 aliphatic carbocycles. The van der Waals surface area contributed by atoms with Crippen LogP contribution in [0.15, 0.2) is 24.8 Å². The summed E-state index contributed by atoms with van der Waals surface area (Å²) in [5.74, 6) is 0.261. The monoisotopic (exact) mass is 206 g/mol. The van der Waals surface area contributed by atoms with Gasteiger partial charge in [0.2, 0.25) is 0 Å². The molecular weight excluding hydrogens is 188 g/mol. The Labute approximate surface area is 91.2 Å². The SMILES string of the molecule is C=Cc1cccc(COC(C)(C)C)c1O. The molecule has 0 aliphatic heterocycles. The first-order valence-corrected chi connectivity index (χ1v) is 5.01. The van der Waals surface area contributed by atoms with E-state index in [1.54, 1.807) is 6.08 Å². The summed E-state index contributed by atoms with van der Waals surface area (Å²) in [4.78, 5) is 0. The summed E-state index contributed by atoms with van der Waals surface area (Å²) in [5.41, 5.74) is 1.34. The van der Waals surface area contributed by atoms with E-state index in [4.69, 9.17) is 4.74 Å². The highest BCUT2D eigenvalue weighted by Crippen LogP contribution is 2.25. The fraction of sp³-hybridized carbons (Fsp3) is 0.385. The summed E-state index contributed by atoms with van der Waals surface area (Å²) in [6.45, 7) is 10.0. The van der Waals surface area contributed by atoms with Crippen LogP contribution in [-0.4, -0.2) is 10.7 Å². The van der Waals surface area contributed by atoms with Gasteiger partial charge in [0.15, 0.2) is 0 Å². The van der Waals surface area contributed by atoms with Crippen molar-refractivity contribution in [2.75, 3.05) is 0 Å². The van der Waals surface area contributed by atoms with E-state index < -0.39 is 0 Å². The van der Waals surface area contributed by atoms with Crippen LogP contribution < -0.4 is 0 Å². The normalized spacial score (nSPS) is 11.4. The molecule has 0 saturated carbocycles. The zero-order chi connectivity index (χ0) is 11.5. The van der Waals surface area contributed by atoms with E-state index in [1.807, 2.05) is 39.0 Å². The zero-order valence-electron chi connectivity index (χ0n) is 9.58. The van der Waals surface area contributed by atoms with Crippen molar-refractivity contribution in [1.82, 2.24) is 0 Å². The highest BCUT2D eigenvalue weighted by Gasteiger charge is 2.12. The lowest BCUT2D eigenvalue weighted by Gasteiger charge is -2.20. The van der Waals surface area contributed by atoms with Crippen molar-refractivity contribution < 1.29 is 9.84 Å². The van der Waals surface area contributed by atoms with Crippen molar-refractivity contribution in [3.8, 4) is 5.75 Å². The number of phenolic OH excluding ortho intramolecular Hbond substituents is 1. The first-order chi connectivity index (χ1) is 6.94. The molecule has 2 nitrogen and oxygen atoms in total. The molecule has 0 spiro atoms. The van der Waals surface area contributed by atoms with Crippen LogP contribution in [0.2, 0.25) is 0 Å². The van der Waals surface area contributed by atoms with Gasteiger partial charge in [0.1, 0.15) is 5.75 Å². The number of para-hydroxylation sites is 1. The second-order valence-electron chi connectivity index (χ2n) is 4.46. The fourth-order valence-corrected chi connectivity index (χ4v) is 1.19. The fourth-order valence-electron chi connectivity index (χ4n) is 1.19. The second kappa shape index (κ2) is 4.49. The third-order valence-corrected chi connectivity index (χ3v) is 2.03. The maximum atomic E-state index is 9.83. The summed E-state index contributed by atoms with van der Waals surface area (Å²) in [5, 5.41) is 9.83. The Kier molecular flexibility index (Phi) is 3.53. The first-order valence-electron chi connectivity index (χ1n) is 5.01. The minimum atomic E-state index is -0.198. The van der Waals surface area contributed by atoms with Gasteiger partial charge in [0.05, 0.1) is 12.2 Å². The van der Waals surface area contributed by atoms with Crippen molar-refractivity contribution in [1.29, 1.82) is 0 Å². The molecule has 0 bridgehead atoms. The van der Waals surface area contributed by atoms with E-state index in [9.17, 15) is 5.11 Å². The summed E-state index contributed by atoms with van der Waals surface area (Å²) in [6, 6.07) is 5.56. The third kappa shape index (κ3) is 3.40. The van der Waals surface area contributed by atoms with E-state index >= 15 is 0 Å². The number of phenols is 1. The van der Waals surface area contributed by atoms with Crippen molar-refractivity contribution in [2.24, 2.45) is 0 Å². The molecule has 0 fully saturated rings. The lowest BCUT2D eigenvalue weighted by Crippen LogP contribution is -2.18. The Morgan fingerprint density at radius 3 is 2.60 bits per heavy atom. The molecule has 1 rings (SSSR count). The minimum absolute atomic E-state index is 0.198. The summed E-state index contributed by atoms with van der Waals surface area (Å²) >= 11 is 0. The van der Waals surface area contributed by atoms with Crippen molar-refractivity contribution >= 4 is 6.08 Å². The van der Waals surface area contributed by atoms with Crippen LogP contribution in [0.25, 0.3) is 6.08 Å². The average Bonchev–Trinajstić information content (AvgIpc) is 2.15. The Hall–Kier alpha value is -1.28. The second-order valence-corrected chi connectivity index (χ2v) is 4.46. The zero-order valence-corrected chi connectivity index (χ0v) is 9.58. The van der Waals surface area contributed by atoms with Gasteiger partial charge in [-0.05, 0) is 20.8 Å². The largest absolute Gasteiger partial charge is 0.507 e. The quantitative estimate of drug-likeness (QED) is 0.821. The topological polar surface area (TPSA) is 29.5 Å². The molecule has 2 heteroatoms. The van der Waals surface area contributed by atoms with E-state index in [-0.39, 0.29) is 11.4 Å². The molecule has 1 aromatic rings. The lowest BCUT2D eigenvalue weighted by atomic mass is 10.1. The Balaban J connectivity index is 2.82. The molecule has 1 N–H and O–H groups in total. The van der Waals surface area contributed by atoms with Crippen LogP contribution in [0, 0.1) is 0 Å². The number of ether oxygens (including phenoxy) is 1. The van der Waals surface area contributed by atoms with E-state index in [0.29, 0.717) is 6.61 Å². The van der Waals surface area contributed by atoms with E-state index in [2.05, 4.69) is 6.58 Å². The summed E-state index contributed by atoms with van der Waals surface area (Å²) < 4.78 is 5.60. The van der Waals surface area contributed by atoms with Gasteiger partial charge in [-0.3, -0.25) is 0 Å². The molecule has 1 aromatic carbocycles. The Bertz CT molecular complexity index is 348.